The number of aromatic nitrogens is 5. The van der Waals surface area contributed by atoms with Crippen molar-refractivity contribution in [2.24, 2.45) is 7.05 Å². The molecule has 0 aliphatic carbocycles. The first-order valence-corrected chi connectivity index (χ1v) is 5.54. The summed E-state index contributed by atoms with van der Waals surface area (Å²) in [6, 6.07) is 8.00. The second-order valence-corrected chi connectivity index (χ2v) is 4.05. The maximum absolute atomic E-state index is 10.6. The molecule has 0 N–H and O–H groups in total. The van der Waals surface area contributed by atoms with E-state index >= 15 is 0 Å². The molecule has 3 aromatic rings. The number of para-hydroxylation sites is 1. The molecule has 0 radical (unpaired) electrons. The van der Waals surface area contributed by atoms with E-state index < -0.39 is 0 Å². The SMILES string of the molecule is Cn1nc(Cn2cc(C=O)nn2)c2ccccc21. The zero-order valence-electron chi connectivity index (χ0n) is 9.82. The van der Waals surface area contributed by atoms with E-state index in [-0.39, 0.29) is 0 Å². The number of hydrogen-bond donors (Lipinski definition) is 0. The first-order chi connectivity index (χ1) is 8.78. The van der Waals surface area contributed by atoms with Crippen LogP contribution in [-0.2, 0) is 13.6 Å². The first kappa shape index (κ1) is 10.6. The Kier molecular flexibility index (Phi) is 2.40. The van der Waals surface area contributed by atoms with Crippen molar-refractivity contribution in [3.05, 3.63) is 41.9 Å². The van der Waals surface area contributed by atoms with Crippen LogP contribution in [-0.4, -0.2) is 31.1 Å². The maximum Gasteiger partial charge on any atom is 0.171 e. The fourth-order valence-corrected chi connectivity index (χ4v) is 2.00. The molecule has 6 nitrogen and oxygen atoms in total. The van der Waals surface area contributed by atoms with E-state index in [1.54, 1.807) is 10.9 Å². The summed E-state index contributed by atoms with van der Waals surface area (Å²) >= 11 is 0. The van der Waals surface area contributed by atoms with Gasteiger partial charge in [0.15, 0.2) is 6.29 Å². The van der Waals surface area contributed by atoms with Gasteiger partial charge in [0, 0.05) is 12.4 Å². The van der Waals surface area contributed by atoms with Gasteiger partial charge in [-0.15, -0.1) is 5.10 Å². The maximum atomic E-state index is 10.6. The molecule has 2 aromatic heterocycles. The summed E-state index contributed by atoms with van der Waals surface area (Å²) in [5.74, 6) is 0. The van der Waals surface area contributed by atoms with Gasteiger partial charge in [0.2, 0.25) is 0 Å². The standard InChI is InChI=1S/C12H11N5O/c1-16-12-5-3-2-4-10(12)11(14-16)7-17-6-9(8-18)13-15-17/h2-6,8H,7H2,1H3. The lowest BCUT2D eigenvalue weighted by Crippen LogP contribution is -2.02. The Balaban J connectivity index is 2.02. The van der Waals surface area contributed by atoms with Crippen molar-refractivity contribution in [1.82, 2.24) is 24.8 Å². The lowest BCUT2D eigenvalue weighted by Gasteiger charge is -1.96. The van der Waals surface area contributed by atoms with Crippen LogP contribution in [0, 0.1) is 0 Å². The number of aldehydes is 1. The molecule has 3 rings (SSSR count). The second-order valence-electron chi connectivity index (χ2n) is 4.05. The Morgan fingerprint density at radius 3 is 2.94 bits per heavy atom. The molecular formula is C12H11N5O. The molecule has 0 aliphatic heterocycles. The third kappa shape index (κ3) is 1.67. The van der Waals surface area contributed by atoms with Gasteiger partial charge in [-0.2, -0.15) is 5.10 Å². The lowest BCUT2D eigenvalue weighted by atomic mass is 10.2. The van der Waals surface area contributed by atoms with Crippen molar-refractivity contribution in [3.8, 4) is 0 Å². The summed E-state index contributed by atoms with van der Waals surface area (Å²) < 4.78 is 3.45. The number of carbonyl (C=O) groups is 1. The van der Waals surface area contributed by atoms with Crippen LogP contribution in [0.1, 0.15) is 16.2 Å². The van der Waals surface area contributed by atoms with E-state index in [0.717, 1.165) is 16.6 Å². The van der Waals surface area contributed by atoms with Crippen molar-refractivity contribution in [3.63, 3.8) is 0 Å². The molecule has 0 saturated heterocycles. The van der Waals surface area contributed by atoms with Crippen LogP contribution in [0.4, 0.5) is 0 Å². The average Bonchev–Trinajstić information content (AvgIpc) is 2.97. The number of benzene rings is 1. The van der Waals surface area contributed by atoms with Gasteiger partial charge in [-0.05, 0) is 6.07 Å². The summed E-state index contributed by atoms with van der Waals surface area (Å²) in [5, 5.41) is 13.2. The average molecular weight is 241 g/mol. The van der Waals surface area contributed by atoms with Gasteiger partial charge in [0.1, 0.15) is 5.69 Å². The minimum absolute atomic E-state index is 0.329. The van der Waals surface area contributed by atoms with Crippen LogP contribution in [0.25, 0.3) is 10.9 Å². The molecular weight excluding hydrogens is 230 g/mol. The first-order valence-electron chi connectivity index (χ1n) is 5.54. The Morgan fingerprint density at radius 1 is 1.33 bits per heavy atom. The zero-order valence-corrected chi connectivity index (χ0v) is 9.82. The number of nitrogens with zero attached hydrogens (tertiary/aromatic N) is 5. The van der Waals surface area contributed by atoms with Crippen LogP contribution in [0.5, 0.6) is 0 Å². The van der Waals surface area contributed by atoms with Gasteiger partial charge in [-0.25, -0.2) is 4.68 Å². The smallest absolute Gasteiger partial charge is 0.171 e. The molecule has 0 spiro atoms. The van der Waals surface area contributed by atoms with Gasteiger partial charge in [0.25, 0.3) is 0 Å². The minimum atomic E-state index is 0.329. The molecule has 0 saturated carbocycles. The van der Waals surface area contributed by atoms with E-state index in [2.05, 4.69) is 15.4 Å². The highest BCUT2D eigenvalue weighted by Crippen LogP contribution is 2.17. The van der Waals surface area contributed by atoms with Crippen LogP contribution in [0.15, 0.2) is 30.5 Å². The van der Waals surface area contributed by atoms with E-state index in [4.69, 9.17) is 0 Å². The zero-order chi connectivity index (χ0) is 12.5. The highest BCUT2D eigenvalue weighted by atomic mass is 16.1. The number of rotatable bonds is 3. The predicted molar refractivity (Wildman–Crippen MR) is 65.2 cm³/mol. The summed E-state index contributed by atoms with van der Waals surface area (Å²) in [6.07, 6.45) is 2.29. The molecule has 0 unspecified atom stereocenters. The van der Waals surface area contributed by atoms with Crippen LogP contribution in [0.3, 0.4) is 0 Å². The number of hydrogen-bond acceptors (Lipinski definition) is 4. The number of fused-ring (bicyclic) bond motifs is 1. The third-order valence-electron chi connectivity index (χ3n) is 2.82. The molecule has 0 amide bonds. The topological polar surface area (TPSA) is 65.6 Å². The fraction of sp³-hybridized carbons (Fsp3) is 0.167. The molecule has 0 bridgehead atoms. The molecule has 90 valence electrons. The normalized spacial score (nSPS) is 10.9. The fourth-order valence-electron chi connectivity index (χ4n) is 2.00. The van der Waals surface area contributed by atoms with Crippen LogP contribution < -0.4 is 0 Å². The lowest BCUT2D eigenvalue weighted by molar-refractivity contribution is 0.111. The largest absolute Gasteiger partial charge is 0.296 e. The van der Waals surface area contributed by atoms with Crippen LogP contribution >= 0.6 is 0 Å². The minimum Gasteiger partial charge on any atom is -0.296 e. The van der Waals surface area contributed by atoms with Crippen molar-refractivity contribution in [2.75, 3.05) is 0 Å². The Bertz CT molecular complexity index is 712. The molecule has 1 aromatic carbocycles. The molecule has 18 heavy (non-hydrogen) atoms. The van der Waals surface area contributed by atoms with Gasteiger partial charge < -0.3 is 0 Å². The Hall–Kier alpha value is -2.50. The van der Waals surface area contributed by atoms with Crippen molar-refractivity contribution >= 4 is 17.2 Å². The molecule has 0 fully saturated rings. The van der Waals surface area contributed by atoms with Crippen molar-refractivity contribution < 1.29 is 4.79 Å². The Morgan fingerprint density at radius 2 is 2.17 bits per heavy atom. The highest BCUT2D eigenvalue weighted by molar-refractivity contribution is 5.81. The van der Waals surface area contributed by atoms with E-state index in [1.807, 2.05) is 36.0 Å². The number of aryl methyl sites for hydroxylation is 1. The molecule has 2 heterocycles. The van der Waals surface area contributed by atoms with Crippen molar-refractivity contribution in [1.29, 1.82) is 0 Å². The monoisotopic (exact) mass is 241 g/mol. The van der Waals surface area contributed by atoms with Gasteiger partial charge in [0.05, 0.1) is 24.0 Å². The molecule has 0 atom stereocenters. The quantitative estimate of drug-likeness (QED) is 0.642. The summed E-state index contributed by atoms with van der Waals surface area (Å²) in [4.78, 5) is 10.6. The predicted octanol–water partition coefficient (Wildman–Crippen LogP) is 1.03. The summed E-state index contributed by atoms with van der Waals surface area (Å²) in [7, 11) is 1.91. The molecule has 6 heteroatoms. The van der Waals surface area contributed by atoms with Gasteiger partial charge in [-0.1, -0.05) is 23.4 Å². The number of carbonyl (C=O) groups excluding carboxylic acids is 1. The van der Waals surface area contributed by atoms with E-state index in [9.17, 15) is 4.79 Å². The Labute approximate surface area is 103 Å². The van der Waals surface area contributed by atoms with E-state index in [1.165, 1.54) is 0 Å². The third-order valence-corrected chi connectivity index (χ3v) is 2.82. The summed E-state index contributed by atoms with van der Waals surface area (Å²) in [6.45, 7) is 0.502. The second kappa shape index (κ2) is 4.06. The van der Waals surface area contributed by atoms with Crippen molar-refractivity contribution in [2.45, 2.75) is 6.54 Å². The van der Waals surface area contributed by atoms with Crippen LogP contribution in [0.2, 0.25) is 0 Å². The van der Waals surface area contributed by atoms with Gasteiger partial charge in [-0.3, -0.25) is 9.48 Å². The van der Waals surface area contributed by atoms with E-state index in [0.29, 0.717) is 18.5 Å². The highest BCUT2D eigenvalue weighted by Gasteiger charge is 2.09. The molecule has 0 aliphatic rings. The van der Waals surface area contributed by atoms with Gasteiger partial charge >= 0.3 is 0 Å². The summed E-state index contributed by atoms with van der Waals surface area (Å²) in [5.41, 5.74) is 2.31.